The van der Waals surface area contributed by atoms with Gasteiger partial charge >= 0.3 is 5.97 Å². The molecule has 0 saturated heterocycles. The standard InChI is InChI=1S/C12H15BrN2O3/c1-7(4-11(16)17)6-15-12(18)8-2-3-9(13)10(14)5-8/h2-3,5,7H,4,6,14H2,1H3,(H,15,18)(H,16,17). The number of amides is 1. The molecule has 0 heterocycles. The highest BCUT2D eigenvalue weighted by Crippen LogP contribution is 2.20. The predicted octanol–water partition coefficient (Wildman–Crippen LogP) is 1.87. The van der Waals surface area contributed by atoms with E-state index in [1.165, 1.54) is 0 Å². The summed E-state index contributed by atoms with van der Waals surface area (Å²) in [4.78, 5) is 22.2. The van der Waals surface area contributed by atoms with E-state index in [-0.39, 0.29) is 18.2 Å². The first-order chi connectivity index (χ1) is 8.40. The van der Waals surface area contributed by atoms with Gasteiger partial charge in [-0.15, -0.1) is 0 Å². The van der Waals surface area contributed by atoms with Gasteiger partial charge in [0, 0.05) is 28.7 Å². The van der Waals surface area contributed by atoms with Gasteiger partial charge in [-0.1, -0.05) is 6.92 Å². The van der Waals surface area contributed by atoms with Crippen LogP contribution < -0.4 is 11.1 Å². The highest BCUT2D eigenvalue weighted by Gasteiger charge is 2.11. The van der Waals surface area contributed by atoms with Crippen LogP contribution in [0.25, 0.3) is 0 Å². The van der Waals surface area contributed by atoms with Crippen LogP contribution >= 0.6 is 15.9 Å². The zero-order valence-electron chi connectivity index (χ0n) is 9.94. The fourth-order valence-electron chi connectivity index (χ4n) is 1.42. The van der Waals surface area contributed by atoms with Crippen LogP contribution in [-0.4, -0.2) is 23.5 Å². The number of hydrogen-bond acceptors (Lipinski definition) is 3. The number of carbonyl (C=O) groups is 2. The van der Waals surface area contributed by atoms with Crippen LogP contribution in [0.2, 0.25) is 0 Å². The lowest BCUT2D eigenvalue weighted by Gasteiger charge is -2.10. The van der Waals surface area contributed by atoms with Crippen molar-refractivity contribution in [2.75, 3.05) is 12.3 Å². The minimum Gasteiger partial charge on any atom is -0.481 e. The van der Waals surface area contributed by atoms with Crippen LogP contribution in [0, 0.1) is 5.92 Å². The summed E-state index contributed by atoms with van der Waals surface area (Å²) in [6.45, 7) is 2.09. The molecular formula is C12H15BrN2O3. The van der Waals surface area contributed by atoms with Gasteiger partial charge in [0.15, 0.2) is 0 Å². The van der Waals surface area contributed by atoms with Gasteiger partial charge in [-0.25, -0.2) is 0 Å². The Labute approximate surface area is 113 Å². The molecule has 6 heteroatoms. The maximum atomic E-state index is 11.8. The van der Waals surface area contributed by atoms with E-state index < -0.39 is 5.97 Å². The van der Waals surface area contributed by atoms with Gasteiger partial charge in [-0.3, -0.25) is 9.59 Å². The molecule has 0 saturated carbocycles. The fourth-order valence-corrected chi connectivity index (χ4v) is 1.67. The molecule has 1 unspecified atom stereocenters. The average Bonchev–Trinajstić information content (AvgIpc) is 2.28. The number of benzene rings is 1. The van der Waals surface area contributed by atoms with E-state index >= 15 is 0 Å². The lowest BCUT2D eigenvalue weighted by Crippen LogP contribution is -2.29. The SMILES string of the molecule is CC(CNC(=O)c1ccc(Br)c(N)c1)CC(=O)O. The van der Waals surface area contributed by atoms with Crippen molar-refractivity contribution < 1.29 is 14.7 Å². The van der Waals surface area contributed by atoms with Gasteiger partial charge < -0.3 is 16.2 Å². The lowest BCUT2D eigenvalue weighted by atomic mass is 10.1. The van der Waals surface area contributed by atoms with Crippen LogP contribution in [0.1, 0.15) is 23.7 Å². The third-order valence-corrected chi connectivity index (χ3v) is 3.11. The molecule has 0 aromatic heterocycles. The first kappa shape index (κ1) is 14.5. The first-order valence-corrected chi connectivity index (χ1v) is 6.24. The molecule has 98 valence electrons. The maximum Gasteiger partial charge on any atom is 0.303 e. The van der Waals surface area contributed by atoms with E-state index in [1.807, 2.05) is 0 Å². The smallest absolute Gasteiger partial charge is 0.303 e. The molecule has 0 aliphatic carbocycles. The van der Waals surface area contributed by atoms with Crippen molar-refractivity contribution in [2.24, 2.45) is 5.92 Å². The van der Waals surface area contributed by atoms with Crippen LogP contribution in [0.3, 0.4) is 0 Å². The van der Waals surface area contributed by atoms with Gasteiger partial charge in [-0.2, -0.15) is 0 Å². The normalized spacial score (nSPS) is 11.9. The first-order valence-electron chi connectivity index (χ1n) is 5.45. The average molecular weight is 315 g/mol. The summed E-state index contributed by atoms with van der Waals surface area (Å²) >= 11 is 3.25. The maximum absolute atomic E-state index is 11.8. The molecule has 1 aromatic rings. The minimum absolute atomic E-state index is 0.0305. The minimum atomic E-state index is -0.871. The van der Waals surface area contributed by atoms with E-state index in [1.54, 1.807) is 25.1 Å². The molecule has 0 spiro atoms. The molecule has 18 heavy (non-hydrogen) atoms. The second-order valence-corrected chi connectivity index (χ2v) is 5.00. The highest BCUT2D eigenvalue weighted by atomic mass is 79.9. The zero-order chi connectivity index (χ0) is 13.7. The summed E-state index contributed by atoms with van der Waals surface area (Å²) in [5, 5.41) is 11.3. The van der Waals surface area contributed by atoms with Gasteiger partial charge in [0.25, 0.3) is 5.91 Å². The number of aliphatic carboxylic acids is 1. The quantitative estimate of drug-likeness (QED) is 0.723. The molecular weight excluding hydrogens is 300 g/mol. The number of nitrogens with one attached hydrogen (secondary N) is 1. The van der Waals surface area contributed by atoms with Crippen molar-refractivity contribution in [3.05, 3.63) is 28.2 Å². The molecule has 4 N–H and O–H groups in total. The molecule has 1 atom stereocenters. The summed E-state index contributed by atoms with van der Waals surface area (Å²) in [5.74, 6) is -1.24. The number of rotatable bonds is 5. The Kier molecular flexibility index (Phi) is 5.15. The van der Waals surface area contributed by atoms with Gasteiger partial charge in [-0.05, 0) is 40.0 Å². The summed E-state index contributed by atoms with van der Waals surface area (Å²) in [6, 6.07) is 4.92. The lowest BCUT2D eigenvalue weighted by molar-refractivity contribution is -0.137. The third-order valence-electron chi connectivity index (χ3n) is 2.39. The molecule has 0 aliphatic heterocycles. The molecule has 1 rings (SSSR count). The van der Waals surface area contributed by atoms with E-state index in [2.05, 4.69) is 21.2 Å². The number of halogens is 1. The molecule has 5 nitrogen and oxygen atoms in total. The predicted molar refractivity (Wildman–Crippen MR) is 72.3 cm³/mol. The Bertz CT molecular complexity index is 463. The van der Waals surface area contributed by atoms with Gasteiger partial charge in [0.1, 0.15) is 0 Å². The van der Waals surface area contributed by atoms with Gasteiger partial charge in [0.05, 0.1) is 0 Å². The van der Waals surface area contributed by atoms with Crippen molar-refractivity contribution in [3.63, 3.8) is 0 Å². The number of carboxylic acids is 1. The summed E-state index contributed by atoms with van der Waals surface area (Å²) in [7, 11) is 0. The number of carboxylic acid groups (broad SMARTS) is 1. The largest absolute Gasteiger partial charge is 0.481 e. The number of nitrogens with two attached hydrogens (primary N) is 1. The second-order valence-electron chi connectivity index (χ2n) is 4.15. The third kappa shape index (κ3) is 4.37. The van der Waals surface area contributed by atoms with Crippen molar-refractivity contribution in [3.8, 4) is 0 Å². The Morgan fingerprint density at radius 1 is 1.50 bits per heavy atom. The van der Waals surface area contributed by atoms with E-state index in [9.17, 15) is 9.59 Å². The zero-order valence-corrected chi connectivity index (χ0v) is 11.5. The van der Waals surface area contributed by atoms with Crippen molar-refractivity contribution in [1.29, 1.82) is 0 Å². The molecule has 1 amide bonds. The Balaban J connectivity index is 2.55. The molecule has 0 fully saturated rings. The van der Waals surface area contributed by atoms with Crippen LogP contribution in [0.15, 0.2) is 22.7 Å². The van der Waals surface area contributed by atoms with Crippen molar-refractivity contribution in [1.82, 2.24) is 5.32 Å². The molecule has 0 aliphatic rings. The van der Waals surface area contributed by atoms with E-state index in [0.717, 1.165) is 4.47 Å². The number of carbonyl (C=O) groups excluding carboxylic acids is 1. The number of nitrogen functional groups attached to an aromatic ring is 1. The summed E-state index contributed by atoms with van der Waals surface area (Å²) in [5.41, 5.74) is 6.62. The molecule has 0 bridgehead atoms. The van der Waals surface area contributed by atoms with Crippen molar-refractivity contribution in [2.45, 2.75) is 13.3 Å². The topological polar surface area (TPSA) is 92.4 Å². The van der Waals surface area contributed by atoms with E-state index in [4.69, 9.17) is 10.8 Å². The van der Waals surface area contributed by atoms with Crippen LogP contribution in [-0.2, 0) is 4.79 Å². The van der Waals surface area contributed by atoms with Crippen LogP contribution in [0.5, 0.6) is 0 Å². The molecule has 0 radical (unpaired) electrons. The number of anilines is 1. The van der Waals surface area contributed by atoms with Crippen molar-refractivity contribution >= 4 is 33.5 Å². The second kappa shape index (κ2) is 6.39. The Hall–Kier alpha value is -1.56. The Morgan fingerprint density at radius 3 is 2.72 bits per heavy atom. The summed E-state index contributed by atoms with van der Waals surface area (Å²) < 4.78 is 0.735. The number of hydrogen-bond donors (Lipinski definition) is 3. The Morgan fingerprint density at radius 2 is 2.17 bits per heavy atom. The summed E-state index contributed by atoms with van der Waals surface area (Å²) in [6.07, 6.45) is 0.0305. The van der Waals surface area contributed by atoms with Gasteiger partial charge in [0.2, 0.25) is 0 Å². The van der Waals surface area contributed by atoms with E-state index in [0.29, 0.717) is 17.8 Å². The molecule has 1 aromatic carbocycles. The highest BCUT2D eigenvalue weighted by molar-refractivity contribution is 9.10. The monoisotopic (exact) mass is 314 g/mol. The van der Waals surface area contributed by atoms with Crippen LogP contribution in [0.4, 0.5) is 5.69 Å². The fraction of sp³-hybridized carbons (Fsp3) is 0.333.